The molecule has 0 radical (unpaired) electrons. The fourth-order valence-electron chi connectivity index (χ4n) is 1.99. The van der Waals surface area contributed by atoms with Crippen molar-refractivity contribution < 1.29 is 4.74 Å². The van der Waals surface area contributed by atoms with Crippen LogP contribution in [0.2, 0.25) is 0 Å². The molecule has 2 unspecified atom stereocenters. The number of hydrogen-bond donors (Lipinski definition) is 0. The Morgan fingerprint density at radius 1 is 1.67 bits per heavy atom. The van der Waals surface area contributed by atoms with Crippen LogP contribution < -0.4 is 0 Å². The molecule has 18 heavy (non-hydrogen) atoms. The van der Waals surface area contributed by atoms with Gasteiger partial charge in [0.1, 0.15) is 0 Å². The van der Waals surface area contributed by atoms with Crippen LogP contribution in [0, 0.1) is 11.8 Å². The van der Waals surface area contributed by atoms with Gasteiger partial charge < -0.3 is 4.74 Å². The van der Waals surface area contributed by atoms with Crippen molar-refractivity contribution in [2.24, 2.45) is 16.8 Å². The fraction of sp³-hybridized carbons (Fsp3) is 0.643. The molecular formula is C14H22ClNOS. The van der Waals surface area contributed by atoms with Crippen LogP contribution in [0.5, 0.6) is 0 Å². The van der Waals surface area contributed by atoms with Gasteiger partial charge in [0.15, 0.2) is 0 Å². The van der Waals surface area contributed by atoms with Gasteiger partial charge in [-0.25, -0.2) is 0 Å². The molecule has 0 bridgehead atoms. The summed E-state index contributed by atoms with van der Waals surface area (Å²) in [5, 5.41) is 0.855. The van der Waals surface area contributed by atoms with Crippen molar-refractivity contribution in [1.29, 1.82) is 0 Å². The number of nitrogens with zero attached hydrogens (tertiary/aromatic N) is 1. The second-order valence-corrected chi connectivity index (χ2v) is 5.66. The van der Waals surface area contributed by atoms with E-state index in [-0.39, 0.29) is 0 Å². The van der Waals surface area contributed by atoms with Crippen molar-refractivity contribution in [3.63, 3.8) is 0 Å². The molecule has 4 heteroatoms. The third-order valence-electron chi connectivity index (χ3n) is 2.97. The van der Waals surface area contributed by atoms with Crippen LogP contribution >= 0.6 is 23.4 Å². The number of allylic oxidation sites excluding steroid dienone is 4. The van der Waals surface area contributed by atoms with Gasteiger partial charge >= 0.3 is 0 Å². The maximum atomic E-state index is 6.03. The minimum absolute atomic E-state index is 0.524. The lowest BCUT2D eigenvalue weighted by atomic mass is 9.90. The molecule has 0 fully saturated rings. The van der Waals surface area contributed by atoms with Crippen LogP contribution in [0.3, 0.4) is 0 Å². The zero-order valence-corrected chi connectivity index (χ0v) is 12.7. The Morgan fingerprint density at radius 3 is 3.22 bits per heavy atom. The van der Waals surface area contributed by atoms with E-state index in [9.17, 15) is 0 Å². The van der Waals surface area contributed by atoms with Gasteiger partial charge in [-0.15, -0.1) is 11.8 Å². The topological polar surface area (TPSA) is 21.6 Å². The lowest BCUT2D eigenvalue weighted by molar-refractivity contribution is 0.141. The van der Waals surface area contributed by atoms with Gasteiger partial charge in [0.2, 0.25) is 0 Å². The second kappa shape index (κ2) is 9.65. The van der Waals surface area contributed by atoms with E-state index in [1.54, 1.807) is 18.9 Å². The Balaban J connectivity index is 2.50. The van der Waals surface area contributed by atoms with Gasteiger partial charge in [-0.1, -0.05) is 23.8 Å². The van der Waals surface area contributed by atoms with E-state index in [0.29, 0.717) is 11.8 Å². The highest BCUT2D eigenvalue weighted by Gasteiger charge is 2.19. The average molecular weight is 288 g/mol. The molecule has 0 aliphatic heterocycles. The minimum Gasteiger partial charge on any atom is -0.384 e. The highest BCUT2D eigenvalue weighted by atomic mass is 35.5. The van der Waals surface area contributed by atoms with Crippen LogP contribution in [0.1, 0.15) is 19.8 Å². The van der Waals surface area contributed by atoms with Gasteiger partial charge in [-0.2, -0.15) is 0 Å². The van der Waals surface area contributed by atoms with Crippen LogP contribution in [0.4, 0.5) is 0 Å². The lowest BCUT2D eigenvalue weighted by Crippen LogP contribution is -2.20. The van der Waals surface area contributed by atoms with Crippen LogP contribution in [0.25, 0.3) is 0 Å². The van der Waals surface area contributed by atoms with Crippen LogP contribution in [0.15, 0.2) is 28.3 Å². The summed E-state index contributed by atoms with van der Waals surface area (Å²) in [7, 11) is 1.77. The summed E-state index contributed by atoms with van der Waals surface area (Å²) in [6, 6.07) is 0. The predicted molar refractivity (Wildman–Crippen MR) is 82.7 cm³/mol. The first-order valence-electron chi connectivity index (χ1n) is 6.40. The predicted octanol–water partition coefficient (Wildman–Crippen LogP) is 4.12. The third-order valence-corrected chi connectivity index (χ3v) is 4.17. The highest BCUT2D eigenvalue weighted by molar-refractivity contribution is 8.12. The molecule has 1 aliphatic carbocycles. The Bertz CT molecular complexity index is 315. The molecule has 1 rings (SSSR count). The van der Waals surface area contributed by atoms with Gasteiger partial charge in [0, 0.05) is 24.4 Å². The summed E-state index contributed by atoms with van der Waals surface area (Å²) < 4.78 is 5.34. The normalized spacial score (nSPS) is 21.9. The molecule has 102 valence electrons. The molecular weight excluding hydrogens is 266 g/mol. The number of halogens is 1. The summed E-state index contributed by atoms with van der Waals surface area (Å²) in [6.07, 6.45) is 8.53. The first-order chi connectivity index (χ1) is 8.77. The van der Waals surface area contributed by atoms with Crippen molar-refractivity contribution >= 4 is 28.9 Å². The van der Waals surface area contributed by atoms with Gasteiger partial charge in [-0.05, 0) is 37.7 Å². The van der Waals surface area contributed by atoms with Crippen molar-refractivity contribution in [2.45, 2.75) is 19.8 Å². The summed E-state index contributed by atoms with van der Waals surface area (Å²) in [6.45, 7) is 3.69. The molecule has 2 nitrogen and oxygen atoms in total. The number of ether oxygens (including phenoxy) is 1. The first kappa shape index (κ1) is 15.8. The minimum atomic E-state index is 0.524. The number of rotatable bonds is 7. The molecule has 0 saturated carbocycles. The monoisotopic (exact) mass is 287 g/mol. The Morgan fingerprint density at radius 2 is 2.50 bits per heavy atom. The fourth-order valence-corrected chi connectivity index (χ4v) is 3.10. The average Bonchev–Trinajstić information content (AvgIpc) is 2.58. The van der Waals surface area contributed by atoms with E-state index in [2.05, 4.69) is 17.1 Å². The number of thioether (sulfide) groups is 1. The summed E-state index contributed by atoms with van der Waals surface area (Å²) >= 11 is 7.80. The van der Waals surface area contributed by atoms with E-state index >= 15 is 0 Å². The van der Waals surface area contributed by atoms with Crippen molar-refractivity contribution in [1.82, 2.24) is 0 Å². The maximum Gasteiger partial charge on any atom is 0.0541 e. The Hall–Kier alpha value is -0.250. The molecule has 0 aromatic heterocycles. The lowest BCUT2D eigenvalue weighted by Gasteiger charge is -2.22. The molecule has 0 N–H and O–H groups in total. The molecule has 2 atom stereocenters. The summed E-state index contributed by atoms with van der Waals surface area (Å²) in [5.41, 5.74) is 1.95. The van der Waals surface area contributed by atoms with Gasteiger partial charge in [0.25, 0.3) is 0 Å². The zero-order valence-electron chi connectivity index (χ0n) is 11.1. The van der Waals surface area contributed by atoms with Crippen molar-refractivity contribution in [2.75, 3.05) is 26.0 Å². The SMILES string of the molecule is CCN=CSCC(COC)C1C=CC(Cl)=CCC1. The standard InChI is InChI=1S/C14H22ClNOS/c1-3-16-11-18-10-13(9-17-2)12-5-4-6-14(15)8-7-12/h6-8,11-13H,3-5,9-10H2,1-2H3. The molecule has 0 amide bonds. The highest BCUT2D eigenvalue weighted by Crippen LogP contribution is 2.27. The van der Waals surface area contributed by atoms with E-state index in [1.165, 1.54) is 0 Å². The summed E-state index contributed by atoms with van der Waals surface area (Å²) in [5.74, 6) is 2.11. The summed E-state index contributed by atoms with van der Waals surface area (Å²) in [4.78, 5) is 4.23. The maximum absolute atomic E-state index is 6.03. The molecule has 0 saturated heterocycles. The number of hydrogen-bond acceptors (Lipinski definition) is 3. The largest absolute Gasteiger partial charge is 0.384 e. The van der Waals surface area contributed by atoms with E-state index < -0.39 is 0 Å². The number of aliphatic imine (C=N–C) groups is 1. The van der Waals surface area contributed by atoms with Crippen LogP contribution in [-0.4, -0.2) is 31.6 Å². The molecule has 0 aromatic carbocycles. The Labute approximate surface area is 120 Å². The van der Waals surface area contributed by atoms with E-state index in [4.69, 9.17) is 16.3 Å². The molecule has 0 spiro atoms. The molecule has 0 aromatic rings. The zero-order chi connectivity index (χ0) is 13.2. The van der Waals surface area contributed by atoms with Crippen molar-refractivity contribution in [3.8, 4) is 0 Å². The van der Waals surface area contributed by atoms with Crippen LogP contribution in [-0.2, 0) is 4.74 Å². The van der Waals surface area contributed by atoms with Crippen molar-refractivity contribution in [3.05, 3.63) is 23.3 Å². The number of methoxy groups -OCH3 is 1. The molecule has 0 heterocycles. The van der Waals surface area contributed by atoms with E-state index in [0.717, 1.165) is 36.8 Å². The van der Waals surface area contributed by atoms with Gasteiger partial charge in [-0.3, -0.25) is 4.99 Å². The van der Waals surface area contributed by atoms with E-state index in [1.807, 2.05) is 18.5 Å². The third kappa shape index (κ3) is 6.07. The quantitative estimate of drug-likeness (QED) is 0.519. The smallest absolute Gasteiger partial charge is 0.0541 e. The Kier molecular flexibility index (Phi) is 8.47. The van der Waals surface area contributed by atoms with Gasteiger partial charge in [0.05, 0.1) is 12.2 Å². The second-order valence-electron chi connectivity index (χ2n) is 4.34. The molecule has 1 aliphatic rings. The first-order valence-corrected chi connectivity index (χ1v) is 7.83.